The molecule has 3 aromatic rings. The van der Waals surface area contributed by atoms with E-state index in [4.69, 9.17) is 10.00 Å². The Morgan fingerprint density at radius 3 is 2.86 bits per heavy atom. The summed E-state index contributed by atoms with van der Waals surface area (Å²) in [4.78, 5) is 12.1. The number of aromatic nitrogens is 3. The van der Waals surface area contributed by atoms with E-state index >= 15 is 0 Å². The van der Waals surface area contributed by atoms with E-state index in [0.717, 1.165) is 16.5 Å². The molecule has 1 N–H and O–H groups in total. The van der Waals surface area contributed by atoms with E-state index in [1.54, 1.807) is 31.4 Å². The number of ether oxygens (including phenoxy) is 1. The molecular weight excluding hydrogens is 374 g/mol. The molecule has 0 unspecified atom stereocenters. The summed E-state index contributed by atoms with van der Waals surface area (Å²) in [5, 5.41) is 20.9. The van der Waals surface area contributed by atoms with Crippen LogP contribution < -0.4 is 10.1 Å². The van der Waals surface area contributed by atoms with E-state index in [1.165, 1.54) is 11.8 Å². The molecule has 142 valence electrons. The number of amides is 1. The minimum atomic E-state index is -0.116. The second kappa shape index (κ2) is 9.06. The number of carbonyl (C=O) groups is 1. The standard InChI is InChI=1S/C20H19N5O2S/c1-25-19(16-8-3-4-9-17(16)27-2)23-24-20(25)28-11-10-18(26)22-15-7-5-6-14(12-15)13-21/h3-9,12H,10-11H2,1-2H3,(H,22,26). The van der Waals surface area contributed by atoms with E-state index in [9.17, 15) is 4.79 Å². The zero-order valence-electron chi connectivity index (χ0n) is 15.5. The molecule has 1 heterocycles. The van der Waals surface area contributed by atoms with Crippen molar-refractivity contribution in [2.24, 2.45) is 7.05 Å². The fraction of sp³-hybridized carbons (Fsp3) is 0.200. The summed E-state index contributed by atoms with van der Waals surface area (Å²) in [5.74, 6) is 1.88. The Kier molecular flexibility index (Phi) is 6.29. The predicted octanol–water partition coefficient (Wildman–Crippen LogP) is 3.48. The molecule has 0 radical (unpaired) electrons. The van der Waals surface area contributed by atoms with Gasteiger partial charge in [0, 0.05) is 24.9 Å². The van der Waals surface area contributed by atoms with E-state index in [2.05, 4.69) is 21.6 Å². The zero-order chi connectivity index (χ0) is 19.9. The first-order valence-electron chi connectivity index (χ1n) is 8.58. The van der Waals surface area contributed by atoms with Crippen molar-refractivity contribution in [3.8, 4) is 23.2 Å². The molecule has 3 rings (SSSR count). The molecule has 1 amide bonds. The van der Waals surface area contributed by atoms with Crippen LogP contribution in [0.4, 0.5) is 5.69 Å². The number of thioether (sulfide) groups is 1. The summed E-state index contributed by atoms with van der Waals surface area (Å²) in [7, 11) is 3.51. The molecule has 0 saturated heterocycles. The first-order valence-corrected chi connectivity index (χ1v) is 9.56. The highest BCUT2D eigenvalue weighted by Gasteiger charge is 2.15. The van der Waals surface area contributed by atoms with Crippen molar-refractivity contribution in [3.63, 3.8) is 0 Å². The third-order valence-corrected chi connectivity index (χ3v) is 5.04. The van der Waals surface area contributed by atoms with Crippen LogP contribution in [0.15, 0.2) is 53.7 Å². The van der Waals surface area contributed by atoms with Crippen molar-refractivity contribution in [2.45, 2.75) is 11.6 Å². The third kappa shape index (κ3) is 4.50. The van der Waals surface area contributed by atoms with Gasteiger partial charge in [0.1, 0.15) is 5.75 Å². The molecule has 0 saturated carbocycles. The molecule has 2 aromatic carbocycles. The van der Waals surface area contributed by atoms with Gasteiger partial charge in [-0.1, -0.05) is 30.0 Å². The quantitative estimate of drug-likeness (QED) is 0.618. The molecule has 0 fully saturated rings. The number of rotatable bonds is 7. The van der Waals surface area contributed by atoms with Gasteiger partial charge in [-0.05, 0) is 30.3 Å². The van der Waals surface area contributed by atoms with E-state index in [1.807, 2.05) is 35.9 Å². The average Bonchev–Trinajstić information content (AvgIpc) is 3.08. The zero-order valence-corrected chi connectivity index (χ0v) is 16.4. The Morgan fingerprint density at radius 1 is 1.25 bits per heavy atom. The van der Waals surface area contributed by atoms with Crippen LogP contribution in [0.5, 0.6) is 5.75 Å². The molecule has 0 aliphatic carbocycles. The first-order chi connectivity index (χ1) is 13.6. The van der Waals surface area contributed by atoms with Crippen molar-refractivity contribution >= 4 is 23.4 Å². The number of hydrogen-bond donors (Lipinski definition) is 1. The van der Waals surface area contributed by atoms with Gasteiger partial charge in [0.05, 0.1) is 24.3 Å². The van der Waals surface area contributed by atoms with Gasteiger partial charge in [-0.15, -0.1) is 10.2 Å². The topological polar surface area (TPSA) is 92.8 Å². The molecule has 0 spiro atoms. The maximum absolute atomic E-state index is 12.1. The Labute approximate surface area is 167 Å². The maximum atomic E-state index is 12.1. The number of hydrogen-bond acceptors (Lipinski definition) is 6. The van der Waals surface area contributed by atoms with Crippen molar-refractivity contribution < 1.29 is 9.53 Å². The van der Waals surface area contributed by atoms with E-state index < -0.39 is 0 Å². The van der Waals surface area contributed by atoms with Crippen LogP contribution >= 0.6 is 11.8 Å². The fourth-order valence-corrected chi connectivity index (χ4v) is 3.48. The van der Waals surface area contributed by atoms with Crippen LogP contribution in [0.2, 0.25) is 0 Å². The monoisotopic (exact) mass is 393 g/mol. The van der Waals surface area contributed by atoms with E-state index in [0.29, 0.717) is 29.2 Å². The lowest BCUT2D eigenvalue weighted by molar-refractivity contribution is -0.115. The summed E-state index contributed by atoms with van der Waals surface area (Å²) >= 11 is 1.46. The van der Waals surface area contributed by atoms with Gasteiger partial charge >= 0.3 is 0 Å². The average molecular weight is 393 g/mol. The molecule has 0 aliphatic heterocycles. The second-order valence-corrected chi connectivity index (χ2v) is 6.97. The number of benzene rings is 2. The summed E-state index contributed by atoms with van der Waals surface area (Å²) < 4.78 is 7.27. The summed E-state index contributed by atoms with van der Waals surface area (Å²) in [6.07, 6.45) is 0.318. The Balaban J connectivity index is 1.59. The van der Waals surface area contributed by atoms with Gasteiger partial charge in [-0.3, -0.25) is 4.79 Å². The van der Waals surface area contributed by atoms with Crippen LogP contribution in [0.3, 0.4) is 0 Å². The van der Waals surface area contributed by atoms with Gasteiger partial charge in [0.25, 0.3) is 0 Å². The van der Waals surface area contributed by atoms with Crippen LogP contribution in [-0.2, 0) is 11.8 Å². The molecular formula is C20H19N5O2S. The minimum absolute atomic E-state index is 0.116. The van der Waals surface area contributed by atoms with Crippen molar-refractivity contribution in [1.29, 1.82) is 5.26 Å². The highest BCUT2D eigenvalue weighted by Crippen LogP contribution is 2.30. The van der Waals surface area contributed by atoms with Gasteiger partial charge in [0.15, 0.2) is 11.0 Å². The number of anilines is 1. The molecule has 8 heteroatoms. The normalized spacial score (nSPS) is 10.3. The predicted molar refractivity (Wildman–Crippen MR) is 108 cm³/mol. The van der Waals surface area contributed by atoms with Crippen LogP contribution in [0.25, 0.3) is 11.4 Å². The molecule has 0 aliphatic rings. The molecule has 0 bridgehead atoms. The molecule has 7 nitrogen and oxygen atoms in total. The van der Waals surface area contributed by atoms with Crippen molar-refractivity contribution in [2.75, 3.05) is 18.2 Å². The van der Waals surface area contributed by atoms with Gasteiger partial charge in [0.2, 0.25) is 5.91 Å². The maximum Gasteiger partial charge on any atom is 0.225 e. The molecule has 0 atom stereocenters. The number of carbonyl (C=O) groups excluding carboxylic acids is 1. The van der Waals surface area contributed by atoms with Crippen LogP contribution in [0, 0.1) is 11.3 Å². The summed E-state index contributed by atoms with van der Waals surface area (Å²) in [6.45, 7) is 0. The number of nitrogens with zero attached hydrogens (tertiary/aromatic N) is 4. The lowest BCUT2D eigenvalue weighted by Crippen LogP contribution is -2.12. The van der Waals surface area contributed by atoms with Gasteiger partial charge in [-0.2, -0.15) is 5.26 Å². The van der Waals surface area contributed by atoms with Crippen LogP contribution in [-0.4, -0.2) is 33.5 Å². The lowest BCUT2D eigenvalue weighted by Gasteiger charge is -2.08. The second-order valence-electron chi connectivity index (χ2n) is 5.90. The number of nitriles is 1. The third-order valence-electron chi connectivity index (χ3n) is 4.02. The number of para-hydroxylation sites is 1. The van der Waals surface area contributed by atoms with Crippen molar-refractivity contribution in [1.82, 2.24) is 14.8 Å². The molecule has 28 heavy (non-hydrogen) atoms. The van der Waals surface area contributed by atoms with E-state index in [-0.39, 0.29) is 5.91 Å². The summed E-state index contributed by atoms with van der Waals surface area (Å²) in [5.41, 5.74) is 1.99. The highest BCUT2D eigenvalue weighted by atomic mass is 32.2. The minimum Gasteiger partial charge on any atom is -0.496 e. The van der Waals surface area contributed by atoms with Crippen LogP contribution in [0.1, 0.15) is 12.0 Å². The smallest absolute Gasteiger partial charge is 0.225 e. The largest absolute Gasteiger partial charge is 0.496 e. The SMILES string of the molecule is COc1ccccc1-c1nnc(SCCC(=O)Nc2cccc(C#N)c2)n1C. The van der Waals surface area contributed by atoms with Crippen molar-refractivity contribution in [3.05, 3.63) is 54.1 Å². The Hall–Kier alpha value is -3.31. The highest BCUT2D eigenvalue weighted by molar-refractivity contribution is 7.99. The first kappa shape index (κ1) is 19.5. The number of nitrogens with one attached hydrogen (secondary N) is 1. The van der Waals surface area contributed by atoms with Gasteiger partial charge in [-0.25, -0.2) is 0 Å². The summed E-state index contributed by atoms with van der Waals surface area (Å²) in [6, 6.07) is 16.5. The lowest BCUT2D eigenvalue weighted by atomic mass is 10.2. The Morgan fingerprint density at radius 2 is 2.07 bits per heavy atom. The fourth-order valence-electron chi connectivity index (χ4n) is 2.63. The molecule has 1 aromatic heterocycles. The van der Waals surface area contributed by atoms with Gasteiger partial charge < -0.3 is 14.6 Å². The Bertz CT molecular complexity index is 1030. The number of methoxy groups -OCH3 is 1.